The summed E-state index contributed by atoms with van der Waals surface area (Å²) < 4.78 is 5.26. The van der Waals surface area contributed by atoms with Gasteiger partial charge in [0, 0.05) is 19.1 Å². The Morgan fingerprint density at radius 3 is 2.37 bits per heavy atom. The smallest absolute Gasteiger partial charge is 0.123 e. The first-order valence-electron chi connectivity index (χ1n) is 6.87. The van der Waals surface area contributed by atoms with Gasteiger partial charge in [0.1, 0.15) is 5.82 Å². The van der Waals surface area contributed by atoms with Crippen LogP contribution in [-0.2, 0) is 4.74 Å². The fourth-order valence-electron chi connectivity index (χ4n) is 2.00. The maximum absolute atomic E-state index is 5.50. The molecule has 0 amide bonds. The predicted octanol–water partition coefficient (Wildman–Crippen LogP) is 1.21. The van der Waals surface area contributed by atoms with Crippen LogP contribution < -0.4 is 10.6 Å². The van der Waals surface area contributed by atoms with Crippen molar-refractivity contribution in [2.24, 2.45) is 0 Å². The van der Waals surface area contributed by atoms with E-state index in [1.807, 2.05) is 12.1 Å². The minimum absolute atomic E-state index is 0.567. The minimum Gasteiger partial charge on any atom is -0.384 e. The Hall–Kier alpha value is -1.33. The Bertz CT molecular complexity index is 370. The van der Waals surface area contributed by atoms with Crippen molar-refractivity contribution in [3.8, 4) is 0 Å². The van der Waals surface area contributed by atoms with Gasteiger partial charge in [-0.1, -0.05) is 0 Å². The fourth-order valence-corrected chi connectivity index (χ4v) is 2.00. The lowest BCUT2D eigenvalue weighted by molar-refractivity contribution is 0.122. The van der Waals surface area contributed by atoms with Crippen LogP contribution in [0.5, 0.6) is 0 Å². The van der Waals surface area contributed by atoms with Gasteiger partial charge in [-0.05, 0) is 39.1 Å². The average molecular weight is 264 g/mol. The normalized spacial score (nSPS) is 19.0. The molecule has 2 N–H and O–H groups in total. The summed E-state index contributed by atoms with van der Waals surface area (Å²) in [4.78, 5) is 8.57. The number of pyridine rings is 1. The fraction of sp³-hybridized carbons (Fsp3) is 0.643. The van der Waals surface area contributed by atoms with E-state index < -0.39 is 0 Å². The molecule has 5 heteroatoms. The van der Waals surface area contributed by atoms with Crippen molar-refractivity contribution < 1.29 is 4.74 Å². The van der Waals surface area contributed by atoms with Gasteiger partial charge in [-0.3, -0.25) is 0 Å². The molecule has 2 aliphatic rings. The Morgan fingerprint density at radius 2 is 1.95 bits per heavy atom. The second kappa shape index (κ2) is 6.73. The first kappa shape index (κ1) is 14.1. The van der Waals surface area contributed by atoms with Crippen molar-refractivity contribution in [3.63, 3.8) is 0 Å². The monoisotopic (exact) mass is 264 g/mol. The molecule has 106 valence electrons. The van der Waals surface area contributed by atoms with Crippen LogP contribution in [0.4, 0.5) is 11.5 Å². The number of hydrogen-bond acceptors (Lipinski definition) is 5. The van der Waals surface area contributed by atoms with E-state index in [2.05, 4.69) is 28.9 Å². The molecule has 19 heavy (non-hydrogen) atoms. The van der Waals surface area contributed by atoms with Gasteiger partial charge in [0.2, 0.25) is 0 Å². The molecule has 1 aromatic rings. The summed E-state index contributed by atoms with van der Waals surface area (Å²) >= 11 is 0. The summed E-state index contributed by atoms with van der Waals surface area (Å²) in [5.74, 6) is 0.567. The van der Waals surface area contributed by atoms with E-state index in [1.54, 1.807) is 6.20 Å². The maximum atomic E-state index is 5.50. The second-order valence-corrected chi connectivity index (χ2v) is 5.24. The van der Waals surface area contributed by atoms with E-state index in [9.17, 15) is 0 Å². The van der Waals surface area contributed by atoms with Crippen LogP contribution in [0.3, 0.4) is 0 Å². The van der Waals surface area contributed by atoms with Crippen LogP contribution in [-0.4, -0.2) is 56.3 Å². The van der Waals surface area contributed by atoms with Crippen molar-refractivity contribution in [2.75, 3.05) is 51.0 Å². The summed E-state index contributed by atoms with van der Waals surface area (Å²) in [6.07, 6.45) is 4.65. The summed E-state index contributed by atoms with van der Waals surface area (Å²) in [5, 5.41) is 0. The number of nitrogen functional groups attached to an aromatic ring is 1. The first-order chi connectivity index (χ1) is 9.16. The number of morpholine rings is 1. The standard InChI is InChI=1S/C9H13N3O.C5H11N/c10-9-2-1-8(7-11-9)12-3-5-13-6-4-12;1-6(2)5-3-4-5/h1-2,7H,3-6H2,(H2,10,11);5H,3-4H2,1-2H3. The molecule has 1 aliphatic heterocycles. The number of nitrogens with zero attached hydrogens (tertiary/aromatic N) is 3. The number of ether oxygens (including phenoxy) is 1. The highest BCUT2D eigenvalue weighted by molar-refractivity contribution is 5.48. The third-order valence-corrected chi connectivity index (χ3v) is 3.42. The zero-order valence-electron chi connectivity index (χ0n) is 11.9. The van der Waals surface area contributed by atoms with Gasteiger partial charge in [0.05, 0.1) is 25.1 Å². The van der Waals surface area contributed by atoms with E-state index in [-0.39, 0.29) is 0 Å². The van der Waals surface area contributed by atoms with Crippen molar-refractivity contribution in [2.45, 2.75) is 18.9 Å². The third-order valence-electron chi connectivity index (χ3n) is 3.42. The van der Waals surface area contributed by atoms with Crippen LogP contribution in [0, 0.1) is 0 Å². The second-order valence-electron chi connectivity index (χ2n) is 5.24. The van der Waals surface area contributed by atoms with Gasteiger partial charge in [-0.15, -0.1) is 0 Å². The molecule has 2 fully saturated rings. The van der Waals surface area contributed by atoms with Crippen molar-refractivity contribution in [3.05, 3.63) is 18.3 Å². The summed E-state index contributed by atoms with van der Waals surface area (Å²) in [7, 11) is 4.27. The van der Waals surface area contributed by atoms with E-state index in [4.69, 9.17) is 10.5 Å². The van der Waals surface area contributed by atoms with Gasteiger partial charge in [-0.25, -0.2) is 4.98 Å². The molecule has 5 nitrogen and oxygen atoms in total. The topological polar surface area (TPSA) is 54.6 Å². The Balaban J connectivity index is 0.000000186. The SMILES string of the molecule is CN(C)C1CC1.Nc1ccc(N2CCOCC2)cn1. The van der Waals surface area contributed by atoms with E-state index in [0.29, 0.717) is 5.82 Å². The molecule has 0 spiro atoms. The summed E-state index contributed by atoms with van der Waals surface area (Å²) in [6, 6.07) is 4.75. The van der Waals surface area contributed by atoms with Crippen LogP contribution in [0.1, 0.15) is 12.8 Å². The molecule has 1 aromatic heterocycles. The zero-order chi connectivity index (χ0) is 13.7. The predicted molar refractivity (Wildman–Crippen MR) is 78.4 cm³/mol. The zero-order valence-corrected chi connectivity index (χ0v) is 11.9. The lowest BCUT2D eigenvalue weighted by Crippen LogP contribution is -2.36. The van der Waals surface area contributed by atoms with Crippen molar-refractivity contribution in [1.29, 1.82) is 0 Å². The number of rotatable bonds is 2. The van der Waals surface area contributed by atoms with Crippen LogP contribution in [0.25, 0.3) is 0 Å². The number of aromatic nitrogens is 1. The lowest BCUT2D eigenvalue weighted by Gasteiger charge is -2.28. The number of anilines is 2. The van der Waals surface area contributed by atoms with Crippen molar-refractivity contribution >= 4 is 11.5 Å². The number of nitrogens with two attached hydrogens (primary N) is 1. The molecule has 1 saturated carbocycles. The molecule has 2 heterocycles. The largest absolute Gasteiger partial charge is 0.384 e. The number of hydrogen-bond donors (Lipinski definition) is 1. The van der Waals surface area contributed by atoms with Crippen LogP contribution in [0.15, 0.2) is 18.3 Å². The van der Waals surface area contributed by atoms with Gasteiger partial charge in [0.25, 0.3) is 0 Å². The van der Waals surface area contributed by atoms with Gasteiger partial charge >= 0.3 is 0 Å². The molecule has 1 saturated heterocycles. The highest BCUT2D eigenvalue weighted by Crippen LogP contribution is 2.23. The summed E-state index contributed by atoms with van der Waals surface area (Å²) in [5.41, 5.74) is 6.62. The molecule has 0 atom stereocenters. The van der Waals surface area contributed by atoms with E-state index >= 15 is 0 Å². The molecular formula is C14H24N4O. The minimum atomic E-state index is 0.567. The molecule has 0 aromatic carbocycles. The quantitative estimate of drug-likeness (QED) is 0.870. The van der Waals surface area contributed by atoms with Crippen molar-refractivity contribution in [1.82, 2.24) is 9.88 Å². The van der Waals surface area contributed by atoms with E-state index in [0.717, 1.165) is 38.0 Å². The summed E-state index contributed by atoms with van der Waals surface area (Å²) in [6.45, 7) is 3.46. The molecule has 0 radical (unpaired) electrons. The third kappa shape index (κ3) is 4.69. The van der Waals surface area contributed by atoms with Gasteiger partial charge < -0.3 is 20.3 Å². The maximum Gasteiger partial charge on any atom is 0.123 e. The van der Waals surface area contributed by atoms with E-state index in [1.165, 1.54) is 12.8 Å². The highest BCUT2D eigenvalue weighted by atomic mass is 16.5. The molecular weight excluding hydrogens is 240 g/mol. The molecule has 0 unspecified atom stereocenters. The Morgan fingerprint density at radius 1 is 1.26 bits per heavy atom. The van der Waals surface area contributed by atoms with Gasteiger partial charge in [0.15, 0.2) is 0 Å². The highest BCUT2D eigenvalue weighted by Gasteiger charge is 2.22. The first-order valence-corrected chi connectivity index (χ1v) is 6.87. The van der Waals surface area contributed by atoms with Crippen LogP contribution in [0.2, 0.25) is 0 Å². The Labute approximate surface area is 115 Å². The average Bonchev–Trinajstić information content (AvgIpc) is 3.26. The molecule has 0 bridgehead atoms. The molecule has 3 rings (SSSR count). The Kier molecular flexibility index (Phi) is 4.99. The van der Waals surface area contributed by atoms with Gasteiger partial charge in [-0.2, -0.15) is 0 Å². The molecule has 1 aliphatic carbocycles. The van der Waals surface area contributed by atoms with Crippen LogP contribution >= 0.6 is 0 Å². The lowest BCUT2D eigenvalue weighted by atomic mass is 10.3.